The Balaban J connectivity index is 2.32. The number of rotatable bonds is 3. The summed E-state index contributed by atoms with van der Waals surface area (Å²) in [7, 11) is 0. The number of carboxylic acids is 1. The number of nitrogens with zero attached hydrogens (tertiary/aromatic N) is 1. The van der Waals surface area contributed by atoms with Crippen LogP contribution in [0.15, 0.2) is 18.2 Å². The first-order chi connectivity index (χ1) is 8.63. The second-order valence-corrected chi connectivity index (χ2v) is 4.60. The van der Waals surface area contributed by atoms with Gasteiger partial charge in [0.25, 0.3) is 0 Å². The number of aliphatic hydroxyl groups is 1. The SMILES string of the molecule is Nc1ccc(N2CCCCC2CO)cc1C(=O)O. The number of hydrogen-bond acceptors (Lipinski definition) is 4. The van der Waals surface area contributed by atoms with Crippen molar-refractivity contribution < 1.29 is 15.0 Å². The first kappa shape index (κ1) is 12.7. The molecule has 1 heterocycles. The zero-order valence-electron chi connectivity index (χ0n) is 10.2. The highest BCUT2D eigenvalue weighted by Gasteiger charge is 2.23. The van der Waals surface area contributed by atoms with Crippen molar-refractivity contribution in [3.05, 3.63) is 23.8 Å². The van der Waals surface area contributed by atoms with E-state index in [0.29, 0.717) is 0 Å². The van der Waals surface area contributed by atoms with Gasteiger partial charge in [-0.2, -0.15) is 0 Å². The molecule has 1 unspecified atom stereocenters. The molecule has 0 aliphatic carbocycles. The van der Waals surface area contributed by atoms with Crippen LogP contribution >= 0.6 is 0 Å². The van der Waals surface area contributed by atoms with Crippen LogP contribution in [0.2, 0.25) is 0 Å². The second-order valence-electron chi connectivity index (χ2n) is 4.60. The molecule has 5 nitrogen and oxygen atoms in total. The molecule has 1 atom stereocenters. The average molecular weight is 250 g/mol. The Morgan fingerprint density at radius 3 is 2.89 bits per heavy atom. The fourth-order valence-electron chi connectivity index (χ4n) is 2.44. The zero-order valence-corrected chi connectivity index (χ0v) is 10.2. The van der Waals surface area contributed by atoms with E-state index in [0.717, 1.165) is 31.5 Å². The van der Waals surface area contributed by atoms with Crippen molar-refractivity contribution in [2.45, 2.75) is 25.3 Å². The summed E-state index contributed by atoms with van der Waals surface area (Å²) in [6, 6.07) is 5.09. The molecule has 0 amide bonds. The van der Waals surface area contributed by atoms with E-state index in [1.165, 1.54) is 0 Å². The van der Waals surface area contributed by atoms with Crippen LogP contribution in [0.25, 0.3) is 0 Å². The summed E-state index contributed by atoms with van der Waals surface area (Å²) < 4.78 is 0. The number of aromatic carboxylic acids is 1. The molecule has 1 aromatic carbocycles. The summed E-state index contributed by atoms with van der Waals surface area (Å²) in [5.41, 5.74) is 6.85. The number of nitrogens with two attached hydrogens (primary N) is 1. The Morgan fingerprint density at radius 2 is 2.22 bits per heavy atom. The summed E-state index contributed by atoms with van der Waals surface area (Å²) in [5.74, 6) is -1.02. The van der Waals surface area contributed by atoms with Crippen molar-refractivity contribution in [1.82, 2.24) is 0 Å². The van der Waals surface area contributed by atoms with Crippen LogP contribution in [0.4, 0.5) is 11.4 Å². The van der Waals surface area contributed by atoms with Gasteiger partial charge in [0.1, 0.15) is 0 Å². The number of aliphatic hydroxyl groups excluding tert-OH is 1. The minimum atomic E-state index is -1.02. The highest BCUT2D eigenvalue weighted by molar-refractivity contribution is 5.94. The van der Waals surface area contributed by atoms with Crippen LogP contribution in [0.3, 0.4) is 0 Å². The van der Waals surface area contributed by atoms with Crippen LogP contribution in [0.1, 0.15) is 29.6 Å². The van der Waals surface area contributed by atoms with Crippen LogP contribution < -0.4 is 10.6 Å². The van der Waals surface area contributed by atoms with E-state index in [1.54, 1.807) is 12.1 Å². The normalized spacial score (nSPS) is 19.8. The molecular formula is C13H18N2O3. The Bertz CT molecular complexity index is 448. The third kappa shape index (κ3) is 2.41. The maximum atomic E-state index is 11.1. The number of benzene rings is 1. The van der Waals surface area contributed by atoms with E-state index in [1.807, 2.05) is 6.07 Å². The van der Waals surface area contributed by atoms with Crippen LogP contribution in [-0.2, 0) is 0 Å². The fourth-order valence-corrected chi connectivity index (χ4v) is 2.44. The lowest BCUT2D eigenvalue weighted by Crippen LogP contribution is -2.42. The first-order valence-electron chi connectivity index (χ1n) is 6.14. The zero-order chi connectivity index (χ0) is 13.1. The standard InChI is InChI=1S/C13H18N2O3/c14-12-5-4-9(7-11(12)13(17)18)15-6-2-1-3-10(15)8-16/h4-5,7,10,16H,1-3,6,8,14H2,(H,17,18). The molecule has 4 N–H and O–H groups in total. The third-order valence-electron chi connectivity index (χ3n) is 3.44. The summed E-state index contributed by atoms with van der Waals surface area (Å²) in [6.45, 7) is 0.932. The smallest absolute Gasteiger partial charge is 0.337 e. The molecule has 0 bridgehead atoms. The molecule has 18 heavy (non-hydrogen) atoms. The molecule has 1 saturated heterocycles. The molecule has 0 radical (unpaired) electrons. The number of anilines is 2. The molecule has 1 aromatic rings. The summed E-state index contributed by atoms with van der Waals surface area (Å²) in [5, 5.41) is 18.4. The minimum Gasteiger partial charge on any atom is -0.478 e. The van der Waals surface area contributed by atoms with Crippen molar-refractivity contribution in [3.8, 4) is 0 Å². The van der Waals surface area contributed by atoms with Gasteiger partial charge in [-0.1, -0.05) is 0 Å². The number of piperidine rings is 1. The summed E-state index contributed by atoms with van der Waals surface area (Å²) >= 11 is 0. The van der Waals surface area contributed by atoms with Gasteiger partial charge in [-0.3, -0.25) is 0 Å². The lowest BCUT2D eigenvalue weighted by Gasteiger charge is -2.36. The number of carbonyl (C=O) groups is 1. The molecule has 0 aromatic heterocycles. The Morgan fingerprint density at radius 1 is 1.44 bits per heavy atom. The topological polar surface area (TPSA) is 86.8 Å². The van der Waals surface area contributed by atoms with Gasteiger partial charge in [0.2, 0.25) is 0 Å². The molecular weight excluding hydrogens is 232 g/mol. The van der Waals surface area contributed by atoms with E-state index in [4.69, 9.17) is 10.8 Å². The monoisotopic (exact) mass is 250 g/mol. The van der Waals surface area contributed by atoms with Crippen LogP contribution in [0, 0.1) is 0 Å². The minimum absolute atomic E-state index is 0.0732. The van der Waals surface area contributed by atoms with Gasteiger partial charge < -0.3 is 20.8 Å². The number of hydrogen-bond donors (Lipinski definition) is 3. The van der Waals surface area contributed by atoms with Crippen LogP contribution in [-0.4, -0.2) is 35.4 Å². The number of nitrogen functional groups attached to an aromatic ring is 1. The molecule has 1 fully saturated rings. The van der Waals surface area contributed by atoms with E-state index in [2.05, 4.69) is 4.90 Å². The van der Waals surface area contributed by atoms with E-state index < -0.39 is 5.97 Å². The maximum Gasteiger partial charge on any atom is 0.337 e. The molecule has 98 valence electrons. The van der Waals surface area contributed by atoms with Gasteiger partial charge in [0.05, 0.1) is 18.2 Å². The highest BCUT2D eigenvalue weighted by Crippen LogP contribution is 2.27. The highest BCUT2D eigenvalue weighted by atomic mass is 16.4. The van der Waals surface area contributed by atoms with Gasteiger partial charge in [0.15, 0.2) is 0 Å². The Hall–Kier alpha value is -1.75. The fraction of sp³-hybridized carbons (Fsp3) is 0.462. The molecule has 0 saturated carbocycles. The van der Waals surface area contributed by atoms with Crippen molar-refractivity contribution in [2.24, 2.45) is 0 Å². The molecule has 1 aliphatic heterocycles. The van der Waals surface area contributed by atoms with E-state index in [9.17, 15) is 9.90 Å². The van der Waals surface area contributed by atoms with Gasteiger partial charge in [-0.15, -0.1) is 0 Å². The van der Waals surface area contributed by atoms with Crippen molar-refractivity contribution in [2.75, 3.05) is 23.8 Å². The largest absolute Gasteiger partial charge is 0.478 e. The molecule has 5 heteroatoms. The predicted octanol–water partition coefficient (Wildman–Crippen LogP) is 1.32. The average Bonchev–Trinajstić information content (AvgIpc) is 2.39. The van der Waals surface area contributed by atoms with Crippen molar-refractivity contribution >= 4 is 17.3 Å². The quantitative estimate of drug-likeness (QED) is 0.704. The van der Waals surface area contributed by atoms with Gasteiger partial charge in [-0.25, -0.2) is 4.79 Å². The first-order valence-corrected chi connectivity index (χ1v) is 6.14. The lowest BCUT2D eigenvalue weighted by atomic mass is 10.0. The Labute approximate surface area is 106 Å². The molecule has 2 rings (SSSR count). The maximum absolute atomic E-state index is 11.1. The summed E-state index contributed by atoms with van der Waals surface area (Å²) in [6.07, 6.45) is 3.09. The van der Waals surface area contributed by atoms with Crippen molar-refractivity contribution in [1.29, 1.82) is 0 Å². The Kier molecular flexibility index (Phi) is 3.72. The van der Waals surface area contributed by atoms with Gasteiger partial charge >= 0.3 is 5.97 Å². The third-order valence-corrected chi connectivity index (χ3v) is 3.44. The van der Waals surface area contributed by atoms with Gasteiger partial charge in [0, 0.05) is 17.9 Å². The number of carboxylic acid groups (broad SMARTS) is 1. The molecule has 1 aliphatic rings. The second kappa shape index (κ2) is 5.27. The predicted molar refractivity (Wildman–Crippen MR) is 69.9 cm³/mol. The molecule has 0 spiro atoms. The van der Waals surface area contributed by atoms with E-state index in [-0.39, 0.29) is 23.9 Å². The van der Waals surface area contributed by atoms with Crippen molar-refractivity contribution in [3.63, 3.8) is 0 Å². The summed E-state index contributed by atoms with van der Waals surface area (Å²) in [4.78, 5) is 13.1. The van der Waals surface area contributed by atoms with Gasteiger partial charge in [-0.05, 0) is 37.5 Å². The lowest BCUT2D eigenvalue weighted by molar-refractivity contribution is 0.0698. The van der Waals surface area contributed by atoms with Crippen LogP contribution in [0.5, 0.6) is 0 Å². The van der Waals surface area contributed by atoms with E-state index >= 15 is 0 Å².